The number of aromatic carboxylic acids is 1. The molecule has 1 saturated heterocycles. The van der Waals surface area contributed by atoms with Gasteiger partial charge < -0.3 is 10.0 Å². The summed E-state index contributed by atoms with van der Waals surface area (Å²) in [5, 5.41) is 9.32. The standard InChI is InChI=1S/C14H19ClN2O2/c1-2-3-10-4-6-17(7-5-10)13-12(15)8-11(9-16-13)14(18)19/h8-10H,2-7H2,1H3,(H,18,19). The molecule has 104 valence electrons. The normalized spacial score (nSPS) is 16.6. The van der Waals surface area contributed by atoms with Gasteiger partial charge in [0.1, 0.15) is 5.82 Å². The lowest BCUT2D eigenvalue weighted by Gasteiger charge is -2.33. The van der Waals surface area contributed by atoms with Crippen molar-refractivity contribution in [3.63, 3.8) is 0 Å². The van der Waals surface area contributed by atoms with Gasteiger partial charge in [-0.15, -0.1) is 0 Å². The molecule has 1 aromatic heterocycles. The molecule has 1 aromatic rings. The zero-order valence-corrected chi connectivity index (χ0v) is 11.9. The summed E-state index contributed by atoms with van der Waals surface area (Å²) in [6, 6.07) is 1.48. The molecular formula is C14H19ClN2O2. The minimum absolute atomic E-state index is 0.134. The highest BCUT2D eigenvalue weighted by molar-refractivity contribution is 6.33. The molecule has 1 N–H and O–H groups in total. The van der Waals surface area contributed by atoms with Gasteiger partial charge in [0.15, 0.2) is 0 Å². The van der Waals surface area contributed by atoms with Crippen LogP contribution in [-0.4, -0.2) is 29.1 Å². The molecule has 0 aliphatic carbocycles. The Kier molecular flexibility index (Phi) is 4.64. The maximum atomic E-state index is 10.8. The summed E-state index contributed by atoms with van der Waals surface area (Å²) in [7, 11) is 0. The first-order valence-electron chi connectivity index (χ1n) is 6.75. The van der Waals surface area contributed by atoms with Gasteiger partial charge in [-0.3, -0.25) is 0 Å². The predicted octanol–water partition coefficient (Wildman–Crippen LogP) is 3.45. The first kappa shape index (κ1) is 14.1. The van der Waals surface area contributed by atoms with Gasteiger partial charge in [-0.2, -0.15) is 0 Å². The fraction of sp³-hybridized carbons (Fsp3) is 0.571. The number of carboxylic acids is 1. The Morgan fingerprint density at radius 1 is 1.53 bits per heavy atom. The Balaban J connectivity index is 2.05. The number of carboxylic acid groups (broad SMARTS) is 1. The Labute approximate surface area is 118 Å². The van der Waals surface area contributed by atoms with E-state index >= 15 is 0 Å². The zero-order chi connectivity index (χ0) is 13.8. The summed E-state index contributed by atoms with van der Waals surface area (Å²) in [6.45, 7) is 4.11. The van der Waals surface area contributed by atoms with Gasteiger partial charge in [0.2, 0.25) is 0 Å². The van der Waals surface area contributed by atoms with Crippen LogP contribution in [0.3, 0.4) is 0 Å². The van der Waals surface area contributed by atoms with Crippen molar-refractivity contribution in [2.45, 2.75) is 32.6 Å². The molecule has 0 atom stereocenters. The van der Waals surface area contributed by atoms with E-state index in [-0.39, 0.29) is 5.56 Å². The first-order chi connectivity index (χ1) is 9.11. The van der Waals surface area contributed by atoms with E-state index < -0.39 is 5.97 Å². The third kappa shape index (κ3) is 3.38. The highest BCUT2D eigenvalue weighted by Crippen LogP contribution is 2.29. The minimum Gasteiger partial charge on any atom is -0.478 e. The van der Waals surface area contributed by atoms with Crippen LogP contribution in [0.15, 0.2) is 12.3 Å². The third-order valence-corrected chi connectivity index (χ3v) is 3.96. The van der Waals surface area contributed by atoms with Crippen LogP contribution in [0.1, 0.15) is 43.0 Å². The Bertz CT molecular complexity index is 457. The maximum absolute atomic E-state index is 10.8. The number of hydrogen-bond donors (Lipinski definition) is 1. The average molecular weight is 283 g/mol. The van der Waals surface area contributed by atoms with E-state index in [1.54, 1.807) is 0 Å². The van der Waals surface area contributed by atoms with Crippen molar-refractivity contribution in [2.75, 3.05) is 18.0 Å². The van der Waals surface area contributed by atoms with E-state index in [1.807, 2.05) is 0 Å². The second-order valence-corrected chi connectivity index (χ2v) is 5.46. The van der Waals surface area contributed by atoms with Crippen LogP contribution in [0.4, 0.5) is 5.82 Å². The van der Waals surface area contributed by atoms with Crippen LogP contribution >= 0.6 is 11.6 Å². The number of anilines is 1. The number of hydrogen-bond acceptors (Lipinski definition) is 3. The van der Waals surface area contributed by atoms with E-state index in [0.29, 0.717) is 10.8 Å². The lowest BCUT2D eigenvalue weighted by molar-refractivity contribution is 0.0696. The number of rotatable bonds is 4. The summed E-state index contributed by atoms with van der Waals surface area (Å²) in [6.07, 6.45) is 6.21. The van der Waals surface area contributed by atoms with Gasteiger partial charge in [-0.25, -0.2) is 9.78 Å². The number of halogens is 1. The smallest absolute Gasteiger partial charge is 0.337 e. The highest BCUT2D eigenvalue weighted by Gasteiger charge is 2.21. The van der Waals surface area contributed by atoms with Crippen molar-refractivity contribution in [1.82, 2.24) is 4.98 Å². The molecule has 0 amide bonds. The van der Waals surface area contributed by atoms with Gasteiger partial charge in [-0.1, -0.05) is 31.4 Å². The molecule has 0 aromatic carbocycles. The summed E-state index contributed by atoms with van der Waals surface area (Å²) >= 11 is 6.14. The molecule has 0 unspecified atom stereocenters. The summed E-state index contributed by atoms with van der Waals surface area (Å²) in [5.74, 6) is 0.516. The van der Waals surface area contributed by atoms with E-state index in [0.717, 1.165) is 31.8 Å². The molecule has 0 bridgehead atoms. The maximum Gasteiger partial charge on any atom is 0.337 e. The second-order valence-electron chi connectivity index (χ2n) is 5.05. The highest BCUT2D eigenvalue weighted by atomic mass is 35.5. The lowest BCUT2D eigenvalue weighted by atomic mass is 9.92. The molecule has 4 nitrogen and oxygen atoms in total. The van der Waals surface area contributed by atoms with E-state index in [1.165, 1.54) is 25.1 Å². The van der Waals surface area contributed by atoms with Gasteiger partial charge >= 0.3 is 5.97 Å². The van der Waals surface area contributed by atoms with Gasteiger partial charge in [-0.05, 0) is 24.8 Å². The van der Waals surface area contributed by atoms with Crippen molar-refractivity contribution in [3.8, 4) is 0 Å². The Morgan fingerprint density at radius 2 is 2.21 bits per heavy atom. The van der Waals surface area contributed by atoms with E-state index in [9.17, 15) is 4.79 Å². The number of nitrogens with zero attached hydrogens (tertiary/aromatic N) is 2. The SMILES string of the molecule is CCCC1CCN(c2ncc(C(=O)O)cc2Cl)CC1. The monoisotopic (exact) mass is 282 g/mol. The van der Waals surface area contributed by atoms with Gasteiger partial charge in [0, 0.05) is 19.3 Å². The topological polar surface area (TPSA) is 53.4 Å². The van der Waals surface area contributed by atoms with E-state index in [2.05, 4.69) is 16.8 Å². The average Bonchev–Trinajstić information content (AvgIpc) is 2.40. The van der Waals surface area contributed by atoms with Crippen LogP contribution in [-0.2, 0) is 0 Å². The van der Waals surface area contributed by atoms with E-state index in [4.69, 9.17) is 16.7 Å². The predicted molar refractivity (Wildman–Crippen MR) is 76.1 cm³/mol. The molecule has 2 rings (SSSR count). The molecule has 0 saturated carbocycles. The van der Waals surface area contributed by atoms with Crippen LogP contribution in [0, 0.1) is 5.92 Å². The van der Waals surface area contributed by atoms with Crippen molar-refractivity contribution in [1.29, 1.82) is 0 Å². The van der Waals surface area contributed by atoms with Crippen molar-refractivity contribution in [3.05, 3.63) is 22.8 Å². The molecule has 1 fully saturated rings. The molecular weight excluding hydrogens is 264 g/mol. The number of piperidine rings is 1. The molecule has 1 aliphatic rings. The Morgan fingerprint density at radius 3 is 2.74 bits per heavy atom. The lowest BCUT2D eigenvalue weighted by Crippen LogP contribution is -2.34. The molecule has 19 heavy (non-hydrogen) atoms. The first-order valence-corrected chi connectivity index (χ1v) is 7.13. The fourth-order valence-corrected chi connectivity index (χ4v) is 2.91. The molecule has 5 heteroatoms. The van der Waals surface area contributed by atoms with Crippen LogP contribution in [0.5, 0.6) is 0 Å². The van der Waals surface area contributed by atoms with Crippen LogP contribution in [0.2, 0.25) is 5.02 Å². The summed E-state index contributed by atoms with van der Waals surface area (Å²) in [5.41, 5.74) is 0.134. The number of carbonyl (C=O) groups is 1. The summed E-state index contributed by atoms with van der Waals surface area (Å²) < 4.78 is 0. The molecule has 0 spiro atoms. The number of aromatic nitrogens is 1. The quantitative estimate of drug-likeness (QED) is 0.919. The second kappa shape index (κ2) is 6.24. The number of pyridine rings is 1. The van der Waals surface area contributed by atoms with Crippen molar-refractivity contribution < 1.29 is 9.90 Å². The minimum atomic E-state index is -0.998. The molecule has 2 heterocycles. The Hall–Kier alpha value is -1.29. The van der Waals surface area contributed by atoms with Crippen molar-refractivity contribution >= 4 is 23.4 Å². The van der Waals surface area contributed by atoms with Crippen molar-refractivity contribution in [2.24, 2.45) is 5.92 Å². The molecule has 1 aliphatic heterocycles. The zero-order valence-electron chi connectivity index (χ0n) is 11.1. The summed E-state index contributed by atoms with van der Waals surface area (Å²) in [4.78, 5) is 17.2. The van der Waals surface area contributed by atoms with Crippen LogP contribution in [0.25, 0.3) is 0 Å². The third-order valence-electron chi connectivity index (χ3n) is 3.68. The fourth-order valence-electron chi connectivity index (χ4n) is 2.62. The van der Waals surface area contributed by atoms with Gasteiger partial charge in [0.05, 0.1) is 10.6 Å². The largest absolute Gasteiger partial charge is 0.478 e. The van der Waals surface area contributed by atoms with Crippen LogP contribution < -0.4 is 4.90 Å². The molecule has 0 radical (unpaired) electrons. The van der Waals surface area contributed by atoms with Gasteiger partial charge in [0.25, 0.3) is 0 Å².